The Bertz CT molecular complexity index is 950. The molecule has 1 aromatic heterocycles. The average Bonchev–Trinajstić information content (AvgIpc) is 2.63. The van der Waals surface area contributed by atoms with Crippen molar-refractivity contribution in [3.05, 3.63) is 59.4 Å². The van der Waals surface area contributed by atoms with Crippen LogP contribution in [0.1, 0.15) is 5.56 Å². The molecular formula is C20H17ClN2O2. The van der Waals surface area contributed by atoms with E-state index in [1.807, 2.05) is 30.3 Å². The Kier molecular flexibility index (Phi) is 5.18. The third kappa shape index (κ3) is 3.58. The zero-order chi connectivity index (χ0) is 17.8. The largest absolute Gasteiger partial charge is 0.473 e. The summed E-state index contributed by atoms with van der Waals surface area (Å²) < 4.78 is 10.6. The van der Waals surface area contributed by atoms with Gasteiger partial charge in [-0.15, -0.1) is 0 Å². The molecule has 1 unspecified atom stereocenters. The van der Waals surface area contributed by atoms with E-state index in [4.69, 9.17) is 26.3 Å². The summed E-state index contributed by atoms with van der Waals surface area (Å²) >= 11 is 6.30. The van der Waals surface area contributed by atoms with Crippen molar-refractivity contribution in [2.24, 2.45) is 0 Å². The van der Waals surface area contributed by atoms with Crippen LogP contribution >= 0.6 is 11.6 Å². The van der Waals surface area contributed by atoms with Gasteiger partial charge in [-0.3, -0.25) is 0 Å². The summed E-state index contributed by atoms with van der Waals surface area (Å²) in [5, 5.41) is 11.3. The van der Waals surface area contributed by atoms with Gasteiger partial charge in [-0.25, -0.2) is 4.98 Å². The molecule has 0 spiro atoms. The van der Waals surface area contributed by atoms with E-state index in [9.17, 15) is 0 Å². The van der Waals surface area contributed by atoms with E-state index in [0.717, 1.165) is 27.5 Å². The highest BCUT2D eigenvalue weighted by molar-refractivity contribution is 6.34. The third-order valence-electron chi connectivity index (χ3n) is 3.99. The van der Waals surface area contributed by atoms with Crippen molar-refractivity contribution in [3.8, 4) is 22.9 Å². The second kappa shape index (κ2) is 7.52. The molecule has 3 rings (SSSR count). The van der Waals surface area contributed by atoms with Gasteiger partial charge < -0.3 is 9.47 Å². The summed E-state index contributed by atoms with van der Waals surface area (Å²) in [5.41, 5.74) is 3.29. The molecule has 0 aliphatic carbocycles. The molecule has 0 aliphatic heterocycles. The molecule has 0 fully saturated rings. The summed E-state index contributed by atoms with van der Waals surface area (Å²) in [5.74, 6) is 0.557. The molecule has 0 saturated carbocycles. The summed E-state index contributed by atoms with van der Waals surface area (Å²) in [6, 6.07) is 15.8. The molecule has 2 aromatic carbocycles. The van der Waals surface area contributed by atoms with Gasteiger partial charge in [0, 0.05) is 24.3 Å². The number of pyridine rings is 1. The lowest BCUT2D eigenvalue weighted by atomic mass is 9.97. The first-order chi connectivity index (χ1) is 12.1. The maximum absolute atomic E-state index is 9.12. The molecule has 126 valence electrons. The predicted octanol–water partition coefficient (Wildman–Crippen LogP) is 4.78. The molecule has 0 bridgehead atoms. The number of rotatable bonds is 5. The molecule has 1 atom stereocenters. The van der Waals surface area contributed by atoms with Crippen LogP contribution in [-0.4, -0.2) is 24.8 Å². The van der Waals surface area contributed by atoms with Crippen LogP contribution in [0.4, 0.5) is 0 Å². The van der Waals surface area contributed by atoms with Gasteiger partial charge in [-0.05, 0) is 41.6 Å². The van der Waals surface area contributed by atoms with Gasteiger partial charge in [-0.1, -0.05) is 35.9 Å². The molecule has 4 nitrogen and oxygen atoms in total. The van der Waals surface area contributed by atoms with E-state index in [0.29, 0.717) is 10.9 Å². The van der Waals surface area contributed by atoms with Crippen LogP contribution in [0.15, 0.2) is 48.7 Å². The molecule has 0 radical (unpaired) electrons. The fourth-order valence-electron chi connectivity index (χ4n) is 2.77. The Hall–Kier alpha value is -2.61. The topological polar surface area (TPSA) is 55.1 Å². The van der Waals surface area contributed by atoms with Crippen LogP contribution in [0.5, 0.6) is 5.75 Å². The fraction of sp³-hybridized carbons (Fsp3) is 0.200. The number of aromatic nitrogens is 1. The summed E-state index contributed by atoms with van der Waals surface area (Å²) in [6.07, 6.45) is 1.12. The van der Waals surface area contributed by atoms with Crippen LogP contribution in [-0.2, 0) is 4.74 Å². The highest BCUT2D eigenvalue weighted by Crippen LogP contribution is 2.35. The minimum atomic E-state index is -0.672. The maximum Gasteiger partial charge on any atom is 0.207 e. The van der Waals surface area contributed by atoms with Crippen molar-refractivity contribution in [1.29, 1.82) is 5.26 Å². The number of fused-ring (bicyclic) bond motifs is 1. The van der Waals surface area contributed by atoms with E-state index < -0.39 is 6.10 Å². The predicted molar refractivity (Wildman–Crippen MR) is 98.8 cm³/mol. The minimum Gasteiger partial charge on any atom is -0.473 e. The Labute approximate surface area is 151 Å². The van der Waals surface area contributed by atoms with Gasteiger partial charge in [0.05, 0.1) is 6.61 Å². The number of ether oxygens (including phenoxy) is 2. The highest BCUT2D eigenvalue weighted by atomic mass is 35.5. The van der Waals surface area contributed by atoms with Gasteiger partial charge in [0.1, 0.15) is 17.0 Å². The van der Waals surface area contributed by atoms with Gasteiger partial charge in [-0.2, -0.15) is 5.26 Å². The number of halogens is 1. The van der Waals surface area contributed by atoms with E-state index in [1.54, 1.807) is 6.20 Å². The summed E-state index contributed by atoms with van der Waals surface area (Å²) in [7, 11) is 1.53. The number of hydrogen-bond acceptors (Lipinski definition) is 4. The Morgan fingerprint density at radius 1 is 1.16 bits per heavy atom. The van der Waals surface area contributed by atoms with Crippen LogP contribution in [0.25, 0.3) is 21.9 Å². The van der Waals surface area contributed by atoms with Gasteiger partial charge in [0.15, 0.2) is 0 Å². The number of nitrogens with zero attached hydrogens (tertiary/aromatic N) is 2. The Morgan fingerprint density at radius 2 is 1.96 bits per heavy atom. The molecule has 3 aromatic rings. The smallest absolute Gasteiger partial charge is 0.207 e. The third-order valence-corrected chi connectivity index (χ3v) is 4.29. The maximum atomic E-state index is 9.12. The second-order valence-corrected chi connectivity index (χ2v) is 6.03. The van der Waals surface area contributed by atoms with Crippen LogP contribution in [0, 0.1) is 18.3 Å². The van der Waals surface area contributed by atoms with E-state index in [2.05, 4.69) is 30.1 Å². The Morgan fingerprint density at radius 3 is 2.68 bits per heavy atom. The monoisotopic (exact) mass is 352 g/mol. The molecule has 25 heavy (non-hydrogen) atoms. The lowest BCUT2D eigenvalue weighted by molar-refractivity contribution is 0.112. The first kappa shape index (κ1) is 17.2. The quantitative estimate of drug-likeness (QED) is 0.620. The number of aryl methyl sites for hydroxylation is 1. The number of methoxy groups -OCH3 is 1. The molecular weight excluding hydrogens is 336 g/mol. The minimum absolute atomic E-state index is 0.198. The molecule has 0 amide bonds. The van der Waals surface area contributed by atoms with E-state index >= 15 is 0 Å². The normalized spacial score (nSPS) is 11.9. The van der Waals surface area contributed by atoms with Crippen LogP contribution in [0.2, 0.25) is 5.15 Å². The zero-order valence-corrected chi connectivity index (χ0v) is 14.7. The number of nitriles is 1. The lowest BCUT2D eigenvalue weighted by Gasteiger charge is -2.14. The first-order valence-electron chi connectivity index (χ1n) is 7.83. The SMILES string of the molecule is COCC(C#N)Oc1ccc2c(-c3ccccc3C)cnc(Cl)c2c1. The molecule has 5 heteroatoms. The van der Waals surface area contributed by atoms with Crippen molar-refractivity contribution < 1.29 is 9.47 Å². The lowest BCUT2D eigenvalue weighted by Crippen LogP contribution is -2.19. The van der Waals surface area contributed by atoms with Crippen molar-refractivity contribution in [3.63, 3.8) is 0 Å². The second-order valence-electron chi connectivity index (χ2n) is 5.68. The fourth-order valence-corrected chi connectivity index (χ4v) is 2.97. The number of benzene rings is 2. The van der Waals surface area contributed by atoms with E-state index in [-0.39, 0.29) is 6.61 Å². The van der Waals surface area contributed by atoms with Gasteiger partial charge >= 0.3 is 0 Å². The zero-order valence-electron chi connectivity index (χ0n) is 14.0. The number of hydrogen-bond donors (Lipinski definition) is 0. The molecule has 0 aliphatic rings. The van der Waals surface area contributed by atoms with Crippen LogP contribution in [0.3, 0.4) is 0 Å². The average molecular weight is 353 g/mol. The van der Waals surface area contributed by atoms with Crippen molar-refractivity contribution >= 4 is 22.4 Å². The van der Waals surface area contributed by atoms with Crippen LogP contribution < -0.4 is 4.74 Å². The standard InChI is InChI=1S/C20H17ClN2O2/c1-13-5-3-4-6-16(13)19-11-23-20(21)18-9-14(7-8-17(18)19)25-15(10-22)12-24-2/h3-9,11,15H,12H2,1-2H3. The molecule has 0 saturated heterocycles. The van der Waals surface area contributed by atoms with Gasteiger partial charge in [0.25, 0.3) is 0 Å². The van der Waals surface area contributed by atoms with Crippen molar-refractivity contribution in [2.75, 3.05) is 13.7 Å². The summed E-state index contributed by atoms with van der Waals surface area (Å²) in [4.78, 5) is 4.32. The van der Waals surface area contributed by atoms with Gasteiger partial charge in [0.2, 0.25) is 6.10 Å². The summed E-state index contributed by atoms with van der Waals surface area (Å²) in [6.45, 7) is 2.26. The van der Waals surface area contributed by atoms with Crippen molar-refractivity contribution in [2.45, 2.75) is 13.0 Å². The van der Waals surface area contributed by atoms with E-state index in [1.165, 1.54) is 7.11 Å². The highest BCUT2D eigenvalue weighted by Gasteiger charge is 2.13. The molecule has 1 heterocycles. The van der Waals surface area contributed by atoms with Crippen molar-refractivity contribution in [1.82, 2.24) is 4.98 Å². The Balaban J connectivity index is 2.08. The first-order valence-corrected chi connectivity index (χ1v) is 8.21. The molecule has 0 N–H and O–H groups in total.